The second-order valence-electron chi connectivity index (χ2n) is 21.1. The van der Waals surface area contributed by atoms with Crippen LogP contribution in [0.1, 0.15) is 124 Å². The zero-order valence-electron chi connectivity index (χ0n) is 40.3. The Labute approximate surface area is 401 Å². The van der Waals surface area contributed by atoms with Gasteiger partial charge in [-0.25, -0.2) is 0 Å². The standard InChI is InChI=1S/C58H56B2N4S2/c1-29(2)37-13-17-47-43(23-37)41-27-46-42(28-45(41)59-61(47)51-21-33(9)35(11)57-55(51)63(59)49-19-15-39(31(5)6)25-53(49)65-57)44-24-38(30(3)4)14-18-48(44)62-52-22-34(10)36(12)58-56(52)64(60(46)62)50-20-16-40(32(7)8)26-54(50)66-58/h13-32H,1-12H3. The van der Waals surface area contributed by atoms with Gasteiger partial charge in [0, 0.05) is 53.5 Å². The van der Waals surface area contributed by atoms with Crippen LogP contribution in [0.3, 0.4) is 0 Å². The highest BCUT2D eigenvalue weighted by Crippen LogP contribution is 2.63. The van der Waals surface area contributed by atoms with Crippen LogP contribution in [-0.4, -0.2) is 14.0 Å². The van der Waals surface area contributed by atoms with Crippen LogP contribution in [0, 0.1) is 27.7 Å². The van der Waals surface area contributed by atoms with Crippen molar-refractivity contribution in [3.8, 4) is 22.3 Å². The van der Waals surface area contributed by atoms with E-state index in [-0.39, 0.29) is 14.0 Å². The molecular weight excluding hydrogens is 838 g/mol. The molecule has 0 amide bonds. The summed E-state index contributed by atoms with van der Waals surface area (Å²) in [7, 11) is 0. The fourth-order valence-electron chi connectivity index (χ4n) is 11.9. The molecule has 0 spiro atoms. The van der Waals surface area contributed by atoms with E-state index in [0.717, 1.165) is 0 Å². The molecule has 4 nitrogen and oxygen atoms in total. The lowest BCUT2D eigenvalue weighted by molar-refractivity contribution is 0.861. The van der Waals surface area contributed by atoms with E-state index in [1.807, 2.05) is 23.5 Å². The van der Waals surface area contributed by atoms with Gasteiger partial charge in [-0.1, -0.05) is 115 Å². The summed E-state index contributed by atoms with van der Waals surface area (Å²) in [6.07, 6.45) is 0. The molecule has 8 heteroatoms. The van der Waals surface area contributed by atoms with Crippen molar-refractivity contribution in [2.24, 2.45) is 0 Å². The Hall–Kier alpha value is -5.43. The number of benzene rings is 7. The first-order valence-electron chi connectivity index (χ1n) is 24.3. The highest BCUT2D eigenvalue weighted by atomic mass is 32.2. The second-order valence-corrected chi connectivity index (χ2v) is 23.2. The lowest BCUT2D eigenvalue weighted by atomic mass is 9.53. The maximum atomic E-state index is 2.73. The van der Waals surface area contributed by atoms with Gasteiger partial charge in [-0.05, 0) is 179 Å². The molecule has 0 aliphatic carbocycles. The van der Waals surface area contributed by atoms with E-state index in [1.165, 1.54) is 143 Å². The normalized spacial score (nSPS) is 15.2. The second kappa shape index (κ2) is 14.1. The summed E-state index contributed by atoms with van der Waals surface area (Å²) in [5.41, 5.74) is 29.6. The Morgan fingerprint density at radius 3 is 1.08 bits per heavy atom. The molecule has 6 aliphatic heterocycles. The molecule has 0 radical (unpaired) electrons. The summed E-state index contributed by atoms with van der Waals surface area (Å²) >= 11 is 3.95. The average molecular weight is 895 g/mol. The van der Waals surface area contributed by atoms with Gasteiger partial charge in [0.2, 0.25) is 0 Å². The van der Waals surface area contributed by atoms with Crippen molar-refractivity contribution < 1.29 is 0 Å². The molecular formula is C58H56B2N4S2. The van der Waals surface area contributed by atoms with E-state index in [4.69, 9.17) is 0 Å². The molecule has 6 heterocycles. The molecule has 7 aromatic rings. The number of nitrogens with zero attached hydrogens (tertiary/aromatic N) is 4. The Kier molecular flexibility index (Phi) is 8.69. The van der Waals surface area contributed by atoms with Crippen LogP contribution in [0.5, 0.6) is 0 Å². The molecule has 7 aromatic carbocycles. The molecule has 66 heavy (non-hydrogen) atoms. The lowest BCUT2D eigenvalue weighted by Gasteiger charge is -2.41. The maximum Gasteiger partial charge on any atom is 0.421 e. The molecule has 0 saturated heterocycles. The first-order valence-corrected chi connectivity index (χ1v) is 25.9. The monoisotopic (exact) mass is 894 g/mol. The molecule has 326 valence electrons. The van der Waals surface area contributed by atoms with Crippen molar-refractivity contribution in [3.05, 3.63) is 142 Å². The van der Waals surface area contributed by atoms with E-state index < -0.39 is 0 Å². The smallest absolute Gasteiger partial charge is 0.359 e. The fourth-order valence-corrected chi connectivity index (χ4v) is 14.5. The molecule has 0 N–H and O–H groups in total. The summed E-state index contributed by atoms with van der Waals surface area (Å²) in [5.74, 6) is 1.71. The summed E-state index contributed by atoms with van der Waals surface area (Å²) in [6, 6.07) is 39.6. The summed E-state index contributed by atoms with van der Waals surface area (Å²) in [6.45, 7) is 27.8. The number of aryl methyl sites for hydroxylation is 2. The predicted octanol–water partition coefficient (Wildman–Crippen LogP) is 15.7. The first-order chi connectivity index (χ1) is 31.7. The van der Waals surface area contributed by atoms with Crippen LogP contribution in [0.15, 0.2) is 117 Å². The van der Waals surface area contributed by atoms with E-state index in [9.17, 15) is 0 Å². The molecule has 0 bridgehead atoms. The van der Waals surface area contributed by atoms with Gasteiger partial charge in [0.1, 0.15) is 0 Å². The van der Waals surface area contributed by atoms with Gasteiger partial charge in [0.25, 0.3) is 0 Å². The van der Waals surface area contributed by atoms with Gasteiger partial charge in [0.15, 0.2) is 0 Å². The third-order valence-electron chi connectivity index (χ3n) is 16.0. The third-order valence-corrected chi connectivity index (χ3v) is 18.5. The number of hydrogen-bond acceptors (Lipinski definition) is 6. The first kappa shape index (κ1) is 40.8. The van der Waals surface area contributed by atoms with Gasteiger partial charge in [-0.2, -0.15) is 0 Å². The molecule has 13 rings (SSSR count). The van der Waals surface area contributed by atoms with Gasteiger partial charge in [-0.15, -0.1) is 0 Å². The molecule has 0 saturated carbocycles. The lowest BCUT2D eigenvalue weighted by Crippen LogP contribution is -2.59. The Bertz CT molecular complexity index is 3110. The number of anilines is 8. The van der Waals surface area contributed by atoms with Crippen molar-refractivity contribution in [2.75, 3.05) is 19.2 Å². The zero-order valence-corrected chi connectivity index (χ0v) is 41.9. The summed E-state index contributed by atoms with van der Waals surface area (Å²) in [4.78, 5) is 16.4. The van der Waals surface area contributed by atoms with Crippen LogP contribution >= 0.6 is 23.5 Å². The molecule has 0 atom stereocenters. The van der Waals surface area contributed by atoms with Gasteiger partial charge >= 0.3 is 14.0 Å². The summed E-state index contributed by atoms with van der Waals surface area (Å²) < 4.78 is 0. The summed E-state index contributed by atoms with van der Waals surface area (Å²) in [5, 5.41) is 0. The average Bonchev–Trinajstić information content (AvgIpc) is 3.83. The Balaban J connectivity index is 1.13. The third kappa shape index (κ3) is 5.35. The van der Waals surface area contributed by atoms with Crippen molar-refractivity contribution >= 4 is 93.9 Å². The van der Waals surface area contributed by atoms with Gasteiger partial charge in [-0.3, -0.25) is 0 Å². The van der Waals surface area contributed by atoms with Crippen molar-refractivity contribution in [3.63, 3.8) is 0 Å². The number of rotatable bonds is 4. The van der Waals surface area contributed by atoms with Crippen LogP contribution in [0.2, 0.25) is 0 Å². The number of hydrogen-bond donors (Lipinski definition) is 0. The van der Waals surface area contributed by atoms with Crippen molar-refractivity contribution in [1.29, 1.82) is 0 Å². The number of fused-ring (bicyclic) bond motifs is 20. The maximum absolute atomic E-state index is 2.73. The minimum atomic E-state index is -0.0591. The van der Waals surface area contributed by atoms with Crippen LogP contribution in [-0.2, 0) is 0 Å². The van der Waals surface area contributed by atoms with E-state index in [2.05, 4.69) is 199 Å². The van der Waals surface area contributed by atoms with Crippen LogP contribution < -0.4 is 30.2 Å². The molecule has 6 aliphatic rings. The van der Waals surface area contributed by atoms with E-state index >= 15 is 0 Å². The van der Waals surface area contributed by atoms with Crippen LogP contribution in [0.4, 0.5) is 45.5 Å². The molecule has 0 aromatic heterocycles. The minimum Gasteiger partial charge on any atom is -0.359 e. The van der Waals surface area contributed by atoms with Gasteiger partial charge < -0.3 is 19.2 Å². The van der Waals surface area contributed by atoms with Gasteiger partial charge in [0.05, 0.1) is 22.7 Å². The topological polar surface area (TPSA) is 13.0 Å². The minimum absolute atomic E-state index is 0.0591. The molecule has 0 unspecified atom stereocenters. The van der Waals surface area contributed by atoms with E-state index in [1.54, 1.807) is 0 Å². The van der Waals surface area contributed by atoms with E-state index in [0.29, 0.717) is 23.7 Å². The molecule has 0 fully saturated rings. The quantitative estimate of drug-likeness (QED) is 0.162. The highest BCUT2D eigenvalue weighted by Gasteiger charge is 2.55. The SMILES string of the molecule is Cc1cc2c3c(c1C)Sc1cc(C(C)C)ccc1N3B1c3cc4c(cc3-c3cc(C(C)C)ccc3N12)B1N(c2ccc(C(C)C)cc2-4)c2cc(C)c(C)c3c2N1c1ccc(C(C)C)cc1S3. The highest BCUT2D eigenvalue weighted by molar-refractivity contribution is 8.00. The zero-order chi connectivity index (χ0) is 45.5. The largest absolute Gasteiger partial charge is 0.421 e. The van der Waals surface area contributed by atoms with Crippen molar-refractivity contribution in [2.45, 2.75) is 126 Å². The Morgan fingerprint density at radius 2 is 0.712 bits per heavy atom. The Morgan fingerprint density at radius 1 is 0.364 bits per heavy atom. The predicted molar refractivity (Wildman–Crippen MR) is 286 cm³/mol. The van der Waals surface area contributed by atoms with Crippen LogP contribution in [0.25, 0.3) is 22.3 Å². The fraction of sp³-hybridized carbons (Fsp3) is 0.276. The van der Waals surface area contributed by atoms with Crippen molar-refractivity contribution in [1.82, 2.24) is 0 Å².